The smallest absolute Gasteiger partial charge is 0.128 e. The molecule has 4 heteroatoms. The molecular formula is C18H14Cl2FN. The van der Waals surface area contributed by atoms with Crippen molar-refractivity contribution in [2.75, 3.05) is 5.32 Å². The number of fused-ring (bicyclic) bond motifs is 3. The monoisotopic (exact) mass is 333 g/mol. The second-order valence-corrected chi connectivity index (χ2v) is 6.69. The fourth-order valence-corrected chi connectivity index (χ4v) is 4.30. The maximum Gasteiger partial charge on any atom is 0.128 e. The minimum absolute atomic E-state index is 0.0803. The Morgan fingerprint density at radius 2 is 1.95 bits per heavy atom. The molecule has 1 heterocycles. The van der Waals surface area contributed by atoms with E-state index < -0.39 is 0 Å². The van der Waals surface area contributed by atoms with Crippen molar-refractivity contribution >= 4 is 28.9 Å². The van der Waals surface area contributed by atoms with Gasteiger partial charge in [0, 0.05) is 32.8 Å². The molecule has 1 N–H and O–H groups in total. The molecule has 1 nitrogen and oxygen atoms in total. The minimum atomic E-state index is -0.178. The quantitative estimate of drug-likeness (QED) is 0.635. The van der Waals surface area contributed by atoms with E-state index in [0.717, 1.165) is 17.7 Å². The average molecular weight is 334 g/mol. The van der Waals surface area contributed by atoms with E-state index in [2.05, 4.69) is 17.5 Å². The number of halogens is 3. The van der Waals surface area contributed by atoms with Crippen molar-refractivity contribution in [2.24, 2.45) is 5.92 Å². The second kappa shape index (κ2) is 5.29. The lowest BCUT2D eigenvalue weighted by Gasteiger charge is -2.38. The Labute approximate surface area is 138 Å². The van der Waals surface area contributed by atoms with E-state index in [1.54, 1.807) is 12.1 Å². The van der Waals surface area contributed by atoms with Gasteiger partial charge in [0.1, 0.15) is 5.82 Å². The molecule has 2 aromatic carbocycles. The van der Waals surface area contributed by atoms with Gasteiger partial charge in [-0.25, -0.2) is 4.39 Å². The summed E-state index contributed by atoms with van der Waals surface area (Å²) in [7, 11) is 0. The maximum absolute atomic E-state index is 14.3. The zero-order valence-corrected chi connectivity index (χ0v) is 13.2. The highest BCUT2D eigenvalue weighted by Crippen LogP contribution is 2.52. The van der Waals surface area contributed by atoms with Gasteiger partial charge in [0.25, 0.3) is 0 Å². The summed E-state index contributed by atoms with van der Waals surface area (Å²) in [6.45, 7) is 0. The molecule has 0 bridgehead atoms. The molecule has 2 aromatic rings. The molecule has 112 valence electrons. The van der Waals surface area contributed by atoms with Gasteiger partial charge in [0.2, 0.25) is 0 Å². The lowest BCUT2D eigenvalue weighted by molar-refractivity contribution is 0.413. The van der Waals surface area contributed by atoms with Crippen LogP contribution >= 0.6 is 23.2 Å². The molecule has 0 saturated heterocycles. The third-order valence-corrected chi connectivity index (χ3v) is 5.15. The van der Waals surface area contributed by atoms with Gasteiger partial charge in [0.05, 0.1) is 6.04 Å². The summed E-state index contributed by atoms with van der Waals surface area (Å²) in [6, 6.07) is 10.5. The summed E-state index contributed by atoms with van der Waals surface area (Å²) in [5.41, 5.74) is 2.67. The first kappa shape index (κ1) is 14.1. The van der Waals surface area contributed by atoms with Gasteiger partial charge in [-0.15, -0.1) is 0 Å². The highest BCUT2D eigenvalue weighted by Gasteiger charge is 2.39. The maximum atomic E-state index is 14.3. The summed E-state index contributed by atoms with van der Waals surface area (Å²) in [5.74, 6) is 0.288. The van der Waals surface area contributed by atoms with Crippen molar-refractivity contribution in [3.63, 3.8) is 0 Å². The Balaban J connectivity index is 1.86. The van der Waals surface area contributed by atoms with Crippen molar-refractivity contribution in [1.29, 1.82) is 0 Å². The normalized spacial score (nSPS) is 25.5. The van der Waals surface area contributed by atoms with Crippen LogP contribution in [0.3, 0.4) is 0 Å². The molecule has 0 spiro atoms. The van der Waals surface area contributed by atoms with Crippen LogP contribution in [0, 0.1) is 11.7 Å². The van der Waals surface area contributed by atoms with E-state index >= 15 is 0 Å². The largest absolute Gasteiger partial charge is 0.377 e. The highest BCUT2D eigenvalue weighted by atomic mass is 35.5. The van der Waals surface area contributed by atoms with Crippen molar-refractivity contribution in [3.05, 3.63) is 75.5 Å². The molecule has 3 atom stereocenters. The lowest BCUT2D eigenvalue weighted by atomic mass is 9.77. The minimum Gasteiger partial charge on any atom is -0.377 e. The number of nitrogens with one attached hydrogen (secondary N) is 1. The number of hydrogen-bond donors (Lipinski definition) is 1. The van der Waals surface area contributed by atoms with Crippen molar-refractivity contribution < 1.29 is 4.39 Å². The van der Waals surface area contributed by atoms with E-state index in [1.807, 2.05) is 18.2 Å². The number of rotatable bonds is 1. The van der Waals surface area contributed by atoms with Crippen LogP contribution in [0.2, 0.25) is 10.0 Å². The Bertz CT molecular complexity index is 772. The first-order chi connectivity index (χ1) is 10.6. The van der Waals surface area contributed by atoms with Crippen LogP contribution in [0.4, 0.5) is 10.1 Å². The standard InChI is InChI=1S/C18H14Cl2FN/c19-10-8-14(20)17-11-5-3-6-12(11)18(22-16(17)9-10)13-4-1-2-7-15(13)21/h1-5,7-9,11-12,18,22H,6H2/t11-,12+,18-/m1/s1. The first-order valence-corrected chi connectivity index (χ1v) is 8.07. The summed E-state index contributed by atoms with van der Waals surface area (Å²) < 4.78 is 14.3. The molecule has 0 aromatic heterocycles. The highest BCUT2D eigenvalue weighted by molar-refractivity contribution is 6.35. The summed E-state index contributed by atoms with van der Waals surface area (Å²) in [5, 5.41) is 4.72. The van der Waals surface area contributed by atoms with E-state index in [9.17, 15) is 4.39 Å². The van der Waals surface area contributed by atoms with E-state index in [-0.39, 0.29) is 23.7 Å². The molecule has 0 saturated carbocycles. The van der Waals surface area contributed by atoms with Crippen molar-refractivity contribution in [3.8, 4) is 0 Å². The molecule has 0 unspecified atom stereocenters. The van der Waals surface area contributed by atoms with Gasteiger partial charge in [-0.3, -0.25) is 0 Å². The zero-order chi connectivity index (χ0) is 15.3. The molecule has 0 amide bonds. The molecule has 2 aliphatic rings. The Kier molecular flexibility index (Phi) is 3.39. The fraction of sp³-hybridized carbons (Fsp3) is 0.222. The number of hydrogen-bond acceptors (Lipinski definition) is 1. The van der Waals surface area contributed by atoms with Crippen LogP contribution in [0.1, 0.15) is 29.5 Å². The van der Waals surface area contributed by atoms with Crippen LogP contribution in [0.15, 0.2) is 48.6 Å². The van der Waals surface area contributed by atoms with Crippen molar-refractivity contribution in [1.82, 2.24) is 0 Å². The van der Waals surface area contributed by atoms with Gasteiger partial charge < -0.3 is 5.32 Å². The number of benzene rings is 2. The molecule has 1 aliphatic heterocycles. The van der Waals surface area contributed by atoms with Crippen LogP contribution < -0.4 is 5.32 Å². The van der Waals surface area contributed by atoms with E-state index in [0.29, 0.717) is 15.6 Å². The fourth-order valence-electron chi connectivity index (χ4n) is 3.68. The molecule has 0 radical (unpaired) electrons. The van der Waals surface area contributed by atoms with Gasteiger partial charge in [-0.05, 0) is 30.5 Å². The van der Waals surface area contributed by atoms with Gasteiger partial charge in [-0.1, -0.05) is 53.6 Å². The van der Waals surface area contributed by atoms with Crippen LogP contribution in [0.5, 0.6) is 0 Å². The van der Waals surface area contributed by atoms with Gasteiger partial charge >= 0.3 is 0 Å². The zero-order valence-electron chi connectivity index (χ0n) is 11.7. The SMILES string of the molecule is Fc1ccccc1[C@@H]1Nc2cc(Cl)cc(Cl)c2[C@@H]2C=CC[C@@H]21. The number of anilines is 1. The summed E-state index contributed by atoms with van der Waals surface area (Å²) in [6.07, 6.45) is 5.25. The Hall–Kier alpha value is -1.51. The predicted molar refractivity (Wildman–Crippen MR) is 89.2 cm³/mol. The lowest BCUT2D eigenvalue weighted by Crippen LogP contribution is -2.30. The summed E-state index contributed by atoms with van der Waals surface area (Å²) >= 11 is 12.5. The Morgan fingerprint density at radius 1 is 1.14 bits per heavy atom. The van der Waals surface area contributed by atoms with E-state index in [1.165, 1.54) is 6.07 Å². The molecule has 1 aliphatic carbocycles. The van der Waals surface area contributed by atoms with Crippen LogP contribution in [-0.2, 0) is 0 Å². The predicted octanol–water partition coefficient (Wildman–Crippen LogP) is 5.96. The second-order valence-electron chi connectivity index (χ2n) is 5.85. The Morgan fingerprint density at radius 3 is 2.77 bits per heavy atom. The first-order valence-electron chi connectivity index (χ1n) is 7.31. The molecule has 0 fully saturated rings. The third kappa shape index (κ3) is 2.13. The average Bonchev–Trinajstić information content (AvgIpc) is 2.95. The van der Waals surface area contributed by atoms with Crippen molar-refractivity contribution in [2.45, 2.75) is 18.4 Å². The summed E-state index contributed by atoms with van der Waals surface area (Å²) in [4.78, 5) is 0. The van der Waals surface area contributed by atoms with Gasteiger partial charge in [0.15, 0.2) is 0 Å². The number of allylic oxidation sites excluding steroid dienone is 2. The van der Waals surface area contributed by atoms with Crippen LogP contribution in [-0.4, -0.2) is 0 Å². The topological polar surface area (TPSA) is 12.0 Å². The third-order valence-electron chi connectivity index (χ3n) is 4.62. The molecule has 4 rings (SSSR count). The van der Waals surface area contributed by atoms with Gasteiger partial charge in [-0.2, -0.15) is 0 Å². The van der Waals surface area contributed by atoms with Crippen LogP contribution in [0.25, 0.3) is 0 Å². The van der Waals surface area contributed by atoms with E-state index in [4.69, 9.17) is 23.2 Å². The molecule has 22 heavy (non-hydrogen) atoms. The molecular weight excluding hydrogens is 320 g/mol.